The number of hydrogen-bond acceptors (Lipinski definition) is 3. The Labute approximate surface area is 84.3 Å². The third-order valence-electron chi connectivity index (χ3n) is 2.45. The highest BCUT2D eigenvalue weighted by molar-refractivity contribution is 5.19. The van der Waals surface area contributed by atoms with E-state index < -0.39 is 0 Å². The maximum atomic E-state index is 5.72. The molecule has 1 aliphatic rings. The number of pyridine rings is 1. The number of ether oxygens (including phenoxy) is 1. The van der Waals surface area contributed by atoms with Gasteiger partial charge in [-0.3, -0.25) is 0 Å². The van der Waals surface area contributed by atoms with Gasteiger partial charge in [-0.1, -0.05) is 6.07 Å². The molecule has 1 heterocycles. The minimum atomic E-state index is 0.0417. The van der Waals surface area contributed by atoms with Gasteiger partial charge in [-0.05, 0) is 31.2 Å². The Morgan fingerprint density at radius 1 is 1.57 bits per heavy atom. The third-order valence-corrected chi connectivity index (χ3v) is 2.45. The largest absolute Gasteiger partial charge is 0.477 e. The van der Waals surface area contributed by atoms with Crippen LogP contribution in [0.5, 0.6) is 5.88 Å². The topological polar surface area (TPSA) is 48.1 Å². The summed E-state index contributed by atoms with van der Waals surface area (Å²) >= 11 is 0. The second-order valence-electron chi connectivity index (χ2n) is 3.97. The number of nitrogens with two attached hydrogens (primary N) is 1. The van der Waals surface area contributed by atoms with Gasteiger partial charge in [-0.2, -0.15) is 0 Å². The van der Waals surface area contributed by atoms with Crippen molar-refractivity contribution in [2.75, 3.05) is 6.61 Å². The second kappa shape index (κ2) is 3.96. The summed E-state index contributed by atoms with van der Waals surface area (Å²) in [6, 6.07) is 3.90. The van der Waals surface area contributed by atoms with Crippen molar-refractivity contribution in [2.24, 2.45) is 11.7 Å². The molecule has 2 rings (SSSR count). The van der Waals surface area contributed by atoms with Crippen molar-refractivity contribution in [1.82, 2.24) is 4.98 Å². The zero-order valence-corrected chi connectivity index (χ0v) is 8.44. The lowest BCUT2D eigenvalue weighted by Gasteiger charge is -2.07. The first kappa shape index (κ1) is 9.46. The van der Waals surface area contributed by atoms with E-state index in [2.05, 4.69) is 4.98 Å². The van der Waals surface area contributed by atoms with Crippen LogP contribution in [0.4, 0.5) is 0 Å². The Morgan fingerprint density at radius 2 is 2.36 bits per heavy atom. The van der Waals surface area contributed by atoms with E-state index in [1.165, 1.54) is 12.8 Å². The third kappa shape index (κ3) is 2.45. The fourth-order valence-corrected chi connectivity index (χ4v) is 1.23. The van der Waals surface area contributed by atoms with Gasteiger partial charge < -0.3 is 10.5 Å². The fraction of sp³-hybridized carbons (Fsp3) is 0.545. The highest BCUT2D eigenvalue weighted by atomic mass is 16.5. The standard InChI is InChI=1S/C11H16N2O/c1-8(12)10-4-5-11(13-6-10)14-7-9-2-3-9/h4-6,8-9H,2-3,7,12H2,1H3/t8-/m1/s1. The van der Waals surface area contributed by atoms with Gasteiger partial charge in [0, 0.05) is 18.3 Å². The van der Waals surface area contributed by atoms with E-state index in [9.17, 15) is 0 Å². The molecule has 0 radical (unpaired) electrons. The van der Waals surface area contributed by atoms with Gasteiger partial charge in [-0.15, -0.1) is 0 Å². The van der Waals surface area contributed by atoms with Gasteiger partial charge >= 0.3 is 0 Å². The average molecular weight is 192 g/mol. The lowest BCUT2D eigenvalue weighted by Crippen LogP contribution is -2.06. The van der Waals surface area contributed by atoms with E-state index in [4.69, 9.17) is 10.5 Å². The van der Waals surface area contributed by atoms with Gasteiger partial charge in [0.05, 0.1) is 6.61 Å². The van der Waals surface area contributed by atoms with Gasteiger partial charge in [-0.25, -0.2) is 4.98 Å². The van der Waals surface area contributed by atoms with Crippen LogP contribution in [-0.2, 0) is 0 Å². The first-order valence-electron chi connectivity index (χ1n) is 5.10. The van der Waals surface area contributed by atoms with E-state index in [1.54, 1.807) is 6.20 Å². The zero-order chi connectivity index (χ0) is 9.97. The number of nitrogens with zero attached hydrogens (tertiary/aromatic N) is 1. The molecule has 0 saturated heterocycles. The van der Waals surface area contributed by atoms with Crippen molar-refractivity contribution in [1.29, 1.82) is 0 Å². The molecule has 14 heavy (non-hydrogen) atoms. The lowest BCUT2D eigenvalue weighted by atomic mass is 10.2. The molecule has 1 aliphatic carbocycles. The summed E-state index contributed by atoms with van der Waals surface area (Å²) in [7, 11) is 0. The Kier molecular flexibility index (Phi) is 2.68. The molecule has 3 heteroatoms. The van der Waals surface area contributed by atoms with Crippen molar-refractivity contribution in [3.05, 3.63) is 23.9 Å². The number of aromatic nitrogens is 1. The van der Waals surface area contributed by atoms with Crippen molar-refractivity contribution >= 4 is 0 Å². The highest BCUT2D eigenvalue weighted by Gasteiger charge is 2.21. The first-order chi connectivity index (χ1) is 6.75. The molecule has 1 fully saturated rings. The monoisotopic (exact) mass is 192 g/mol. The smallest absolute Gasteiger partial charge is 0.213 e. The van der Waals surface area contributed by atoms with Crippen LogP contribution in [0.1, 0.15) is 31.4 Å². The maximum absolute atomic E-state index is 5.72. The van der Waals surface area contributed by atoms with Gasteiger partial charge in [0.1, 0.15) is 0 Å². The minimum Gasteiger partial charge on any atom is -0.477 e. The van der Waals surface area contributed by atoms with E-state index in [1.807, 2.05) is 19.1 Å². The summed E-state index contributed by atoms with van der Waals surface area (Å²) in [5.74, 6) is 1.48. The summed E-state index contributed by atoms with van der Waals surface area (Å²) in [5.41, 5.74) is 6.76. The van der Waals surface area contributed by atoms with Crippen LogP contribution in [0.15, 0.2) is 18.3 Å². The molecule has 2 N–H and O–H groups in total. The minimum absolute atomic E-state index is 0.0417. The summed E-state index contributed by atoms with van der Waals surface area (Å²) in [6.45, 7) is 2.76. The van der Waals surface area contributed by atoms with Crippen LogP contribution in [-0.4, -0.2) is 11.6 Å². The first-order valence-corrected chi connectivity index (χ1v) is 5.10. The lowest BCUT2D eigenvalue weighted by molar-refractivity contribution is 0.288. The molecule has 76 valence electrons. The zero-order valence-electron chi connectivity index (χ0n) is 8.44. The molecule has 0 aromatic carbocycles. The van der Waals surface area contributed by atoms with Gasteiger partial charge in [0.25, 0.3) is 0 Å². The molecular weight excluding hydrogens is 176 g/mol. The number of hydrogen-bond donors (Lipinski definition) is 1. The van der Waals surface area contributed by atoms with E-state index in [-0.39, 0.29) is 6.04 Å². The Balaban J connectivity index is 1.91. The summed E-state index contributed by atoms with van der Waals surface area (Å²) in [6.07, 6.45) is 4.39. The molecule has 3 nitrogen and oxygen atoms in total. The van der Waals surface area contributed by atoms with Gasteiger partial charge in [0.15, 0.2) is 0 Å². The van der Waals surface area contributed by atoms with E-state index >= 15 is 0 Å². The normalized spacial score (nSPS) is 17.9. The Bertz CT molecular complexity index is 291. The summed E-state index contributed by atoms with van der Waals surface area (Å²) < 4.78 is 5.51. The second-order valence-corrected chi connectivity index (χ2v) is 3.97. The predicted molar refractivity (Wildman–Crippen MR) is 55.1 cm³/mol. The number of rotatable bonds is 4. The van der Waals surface area contributed by atoms with Crippen molar-refractivity contribution in [3.63, 3.8) is 0 Å². The molecular formula is C11H16N2O. The summed E-state index contributed by atoms with van der Waals surface area (Å²) in [5, 5.41) is 0. The van der Waals surface area contributed by atoms with Crippen molar-refractivity contribution in [3.8, 4) is 5.88 Å². The van der Waals surface area contributed by atoms with Crippen LogP contribution in [0.25, 0.3) is 0 Å². The van der Waals surface area contributed by atoms with Gasteiger partial charge in [0.2, 0.25) is 5.88 Å². The average Bonchev–Trinajstić information content (AvgIpc) is 2.99. The molecule has 1 saturated carbocycles. The van der Waals surface area contributed by atoms with Crippen LogP contribution in [0.3, 0.4) is 0 Å². The maximum Gasteiger partial charge on any atom is 0.213 e. The molecule has 0 spiro atoms. The van der Waals surface area contributed by atoms with Crippen molar-refractivity contribution < 1.29 is 4.74 Å². The molecule has 0 unspecified atom stereocenters. The molecule has 0 bridgehead atoms. The molecule has 0 amide bonds. The molecule has 1 aromatic heterocycles. The molecule has 1 atom stereocenters. The van der Waals surface area contributed by atoms with E-state index in [0.29, 0.717) is 5.88 Å². The quantitative estimate of drug-likeness (QED) is 0.792. The Morgan fingerprint density at radius 3 is 2.86 bits per heavy atom. The fourth-order valence-electron chi connectivity index (χ4n) is 1.23. The Hall–Kier alpha value is -1.09. The summed E-state index contributed by atoms with van der Waals surface area (Å²) in [4.78, 5) is 4.20. The molecule has 0 aliphatic heterocycles. The van der Waals surface area contributed by atoms with Crippen LogP contribution in [0, 0.1) is 5.92 Å². The van der Waals surface area contributed by atoms with Crippen LogP contribution in [0.2, 0.25) is 0 Å². The van der Waals surface area contributed by atoms with Crippen LogP contribution < -0.4 is 10.5 Å². The van der Waals surface area contributed by atoms with Crippen LogP contribution >= 0.6 is 0 Å². The van der Waals surface area contributed by atoms with Crippen molar-refractivity contribution in [2.45, 2.75) is 25.8 Å². The highest BCUT2D eigenvalue weighted by Crippen LogP contribution is 2.29. The SMILES string of the molecule is C[C@@H](N)c1ccc(OCC2CC2)nc1. The predicted octanol–water partition coefficient (Wildman–Crippen LogP) is 1.89. The molecule has 1 aromatic rings. The van der Waals surface area contributed by atoms with E-state index in [0.717, 1.165) is 18.1 Å².